The van der Waals surface area contributed by atoms with Crippen LogP contribution in [0.1, 0.15) is 17.2 Å². The topological polar surface area (TPSA) is 77.6 Å². The first kappa shape index (κ1) is 16.3. The van der Waals surface area contributed by atoms with Gasteiger partial charge in [-0.2, -0.15) is 5.10 Å². The van der Waals surface area contributed by atoms with E-state index in [9.17, 15) is 4.79 Å². The lowest BCUT2D eigenvalue weighted by Gasteiger charge is -2.07. The fourth-order valence-corrected chi connectivity index (χ4v) is 2.86. The monoisotopic (exact) mass is 320 g/mol. The highest BCUT2D eigenvalue weighted by molar-refractivity contribution is 7.99. The first-order chi connectivity index (χ1) is 10.4. The number of nitrogens with zero attached hydrogens (tertiary/aromatic N) is 5. The van der Waals surface area contributed by atoms with E-state index in [2.05, 4.69) is 27.2 Å². The number of aromatic nitrogens is 5. The maximum absolute atomic E-state index is 12.1. The number of hydrogen-bond acceptors (Lipinski definition) is 5. The standard InChI is InChI=1S/C14H20N6OS/c1-6-7-20-11(4)16-17-14(20)22-8-12(21)15-13-9(2)18-19(5)10(13)3/h6H,1,7-8H2,2-5H3,(H,15,21). The van der Waals surface area contributed by atoms with E-state index in [1.165, 1.54) is 11.8 Å². The van der Waals surface area contributed by atoms with Gasteiger partial charge in [-0.25, -0.2) is 0 Å². The average Bonchev–Trinajstić information content (AvgIpc) is 2.93. The first-order valence-corrected chi connectivity index (χ1v) is 7.86. The molecule has 22 heavy (non-hydrogen) atoms. The highest BCUT2D eigenvalue weighted by Gasteiger charge is 2.14. The molecule has 2 aromatic heterocycles. The molecular weight excluding hydrogens is 300 g/mol. The van der Waals surface area contributed by atoms with Crippen molar-refractivity contribution in [3.8, 4) is 0 Å². The molecule has 8 heteroatoms. The quantitative estimate of drug-likeness (QED) is 0.649. The molecule has 0 saturated carbocycles. The van der Waals surface area contributed by atoms with Gasteiger partial charge in [-0.05, 0) is 20.8 Å². The maximum atomic E-state index is 12.1. The summed E-state index contributed by atoms with van der Waals surface area (Å²) in [5.41, 5.74) is 2.52. The normalized spacial score (nSPS) is 10.7. The highest BCUT2D eigenvalue weighted by atomic mass is 32.2. The Morgan fingerprint density at radius 2 is 2.09 bits per heavy atom. The van der Waals surface area contributed by atoms with E-state index >= 15 is 0 Å². The summed E-state index contributed by atoms with van der Waals surface area (Å²) >= 11 is 1.36. The van der Waals surface area contributed by atoms with E-state index in [-0.39, 0.29) is 11.7 Å². The molecule has 7 nitrogen and oxygen atoms in total. The van der Waals surface area contributed by atoms with E-state index in [0.717, 1.165) is 22.9 Å². The van der Waals surface area contributed by atoms with Crippen molar-refractivity contribution in [3.63, 3.8) is 0 Å². The van der Waals surface area contributed by atoms with Gasteiger partial charge in [0.25, 0.3) is 0 Å². The van der Waals surface area contributed by atoms with Gasteiger partial charge in [-0.1, -0.05) is 17.8 Å². The molecule has 0 aliphatic carbocycles. The van der Waals surface area contributed by atoms with Gasteiger partial charge in [-0.15, -0.1) is 16.8 Å². The van der Waals surface area contributed by atoms with Crippen LogP contribution in [0.25, 0.3) is 0 Å². The van der Waals surface area contributed by atoms with Crippen LogP contribution in [-0.2, 0) is 18.4 Å². The molecular formula is C14H20N6OS. The van der Waals surface area contributed by atoms with Gasteiger partial charge in [0.2, 0.25) is 5.91 Å². The van der Waals surface area contributed by atoms with E-state index < -0.39 is 0 Å². The van der Waals surface area contributed by atoms with Crippen molar-refractivity contribution in [2.45, 2.75) is 32.5 Å². The number of thioether (sulfide) groups is 1. The predicted octanol–water partition coefficient (Wildman–Crippen LogP) is 1.85. The fraction of sp³-hybridized carbons (Fsp3) is 0.429. The number of nitrogens with one attached hydrogen (secondary N) is 1. The number of hydrogen-bond donors (Lipinski definition) is 1. The van der Waals surface area contributed by atoms with Crippen LogP contribution in [0.15, 0.2) is 17.8 Å². The van der Waals surface area contributed by atoms with Crippen molar-refractivity contribution in [1.82, 2.24) is 24.5 Å². The number of anilines is 1. The SMILES string of the molecule is C=CCn1c(C)nnc1SCC(=O)Nc1c(C)nn(C)c1C. The van der Waals surface area contributed by atoms with Gasteiger partial charge in [-0.3, -0.25) is 9.48 Å². The lowest BCUT2D eigenvalue weighted by atomic mass is 10.3. The van der Waals surface area contributed by atoms with E-state index in [1.54, 1.807) is 10.8 Å². The smallest absolute Gasteiger partial charge is 0.234 e. The van der Waals surface area contributed by atoms with Crippen molar-refractivity contribution in [3.05, 3.63) is 29.9 Å². The minimum atomic E-state index is -0.0880. The summed E-state index contributed by atoms with van der Waals surface area (Å²) in [6.45, 7) is 10.0. The molecule has 1 amide bonds. The zero-order valence-corrected chi connectivity index (χ0v) is 14.1. The maximum Gasteiger partial charge on any atom is 0.234 e. The van der Waals surface area contributed by atoms with Crippen LogP contribution in [0.2, 0.25) is 0 Å². The molecule has 0 atom stereocenters. The number of aryl methyl sites for hydroxylation is 3. The Morgan fingerprint density at radius 1 is 1.36 bits per heavy atom. The van der Waals surface area contributed by atoms with Crippen LogP contribution in [0.3, 0.4) is 0 Å². The number of allylic oxidation sites excluding steroid dienone is 1. The largest absolute Gasteiger partial charge is 0.322 e. The fourth-order valence-electron chi connectivity index (χ4n) is 2.07. The third-order valence-corrected chi connectivity index (χ3v) is 4.29. The lowest BCUT2D eigenvalue weighted by Crippen LogP contribution is -2.15. The summed E-state index contributed by atoms with van der Waals surface area (Å²) in [6, 6.07) is 0. The van der Waals surface area contributed by atoms with E-state index in [0.29, 0.717) is 11.7 Å². The van der Waals surface area contributed by atoms with Gasteiger partial charge in [0, 0.05) is 13.6 Å². The third kappa shape index (κ3) is 3.38. The van der Waals surface area contributed by atoms with Crippen molar-refractivity contribution >= 4 is 23.4 Å². The minimum absolute atomic E-state index is 0.0880. The molecule has 0 fully saturated rings. The molecule has 2 heterocycles. The zero-order valence-electron chi connectivity index (χ0n) is 13.3. The second-order valence-corrected chi connectivity index (χ2v) is 5.88. The van der Waals surface area contributed by atoms with Crippen molar-refractivity contribution in [1.29, 1.82) is 0 Å². The number of amides is 1. The van der Waals surface area contributed by atoms with E-state index in [1.807, 2.05) is 32.4 Å². The summed E-state index contributed by atoms with van der Waals surface area (Å²) in [7, 11) is 1.85. The van der Waals surface area contributed by atoms with Gasteiger partial charge < -0.3 is 9.88 Å². The molecule has 0 unspecified atom stereocenters. The average molecular weight is 320 g/mol. The Bertz CT molecular complexity index is 702. The minimum Gasteiger partial charge on any atom is -0.322 e. The molecule has 0 bridgehead atoms. The molecule has 0 aliphatic heterocycles. The summed E-state index contributed by atoms with van der Waals surface area (Å²) in [6.07, 6.45) is 1.78. The Labute approximate surface area is 133 Å². The molecule has 0 aliphatic rings. The number of rotatable bonds is 6. The van der Waals surface area contributed by atoms with Crippen molar-refractivity contribution < 1.29 is 4.79 Å². The second kappa shape index (κ2) is 6.78. The summed E-state index contributed by atoms with van der Waals surface area (Å²) in [5, 5.41) is 16.0. The molecule has 2 aromatic rings. The van der Waals surface area contributed by atoms with Crippen LogP contribution >= 0.6 is 11.8 Å². The van der Waals surface area contributed by atoms with E-state index in [4.69, 9.17) is 0 Å². The molecule has 2 rings (SSSR count). The predicted molar refractivity (Wildman–Crippen MR) is 87.0 cm³/mol. The molecule has 0 spiro atoms. The Morgan fingerprint density at radius 3 is 2.68 bits per heavy atom. The van der Waals surface area contributed by atoms with Gasteiger partial charge in [0.1, 0.15) is 5.82 Å². The lowest BCUT2D eigenvalue weighted by molar-refractivity contribution is -0.113. The molecule has 0 radical (unpaired) electrons. The Hall–Kier alpha value is -2.09. The van der Waals surface area contributed by atoms with Crippen molar-refractivity contribution in [2.75, 3.05) is 11.1 Å². The van der Waals surface area contributed by atoms with Crippen LogP contribution in [0.4, 0.5) is 5.69 Å². The molecule has 118 valence electrons. The summed E-state index contributed by atoms with van der Waals surface area (Å²) in [5.74, 6) is 0.986. The van der Waals surface area contributed by atoms with Gasteiger partial charge in [0.15, 0.2) is 5.16 Å². The van der Waals surface area contributed by atoms with Crippen LogP contribution in [0, 0.1) is 20.8 Å². The second-order valence-electron chi connectivity index (χ2n) is 4.94. The summed E-state index contributed by atoms with van der Waals surface area (Å²) in [4.78, 5) is 12.1. The van der Waals surface area contributed by atoms with Crippen LogP contribution in [0.5, 0.6) is 0 Å². The van der Waals surface area contributed by atoms with Crippen molar-refractivity contribution in [2.24, 2.45) is 7.05 Å². The Balaban J connectivity index is 2.00. The molecule has 0 saturated heterocycles. The van der Waals surface area contributed by atoms with Crippen LogP contribution < -0.4 is 5.32 Å². The third-order valence-electron chi connectivity index (χ3n) is 3.32. The number of carbonyl (C=O) groups is 1. The highest BCUT2D eigenvalue weighted by Crippen LogP contribution is 2.20. The Kier molecular flexibility index (Phi) is 5.02. The number of carbonyl (C=O) groups excluding carboxylic acids is 1. The van der Waals surface area contributed by atoms with Gasteiger partial charge in [0.05, 0.1) is 22.8 Å². The van der Waals surface area contributed by atoms with Gasteiger partial charge >= 0.3 is 0 Å². The van der Waals surface area contributed by atoms with Crippen LogP contribution in [-0.4, -0.2) is 36.2 Å². The molecule has 1 N–H and O–H groups in total. The zero-order chi connectivity index (χ0) is 16.3. The first-order valence-electron chi connectivity index (χ1n) is 6.87. The summed E-state index contributed by atoms with van der Waals surface area (Å²) < 4.78 is 3.67. The molecule has 0 aromatic carbocycles.